The van der Waals surface area contributed by atoms with E-state index in [2.05, 4.69) is 19.2 Å². The van der Waals surface area contributed by atoms with Crippen LogP contribution in [-0.2, 0) is 0 Å². The topological polar surface area (TPSA) is 12.0 Å². The second-order valence-corrected chi connectivity index (χ2v) is 6.70. The van der Waals surface area contributed by atoms with E-state index in [9.17, 15) is 4.39 Å². The Labute approximate surface area is 123 Å². The van der Waals surface area contributed by atoms with Crippen molar-refractivity contribution in [1.29, 1.82) is 0 Å². The molecule has 1 aliphatic carbocycles. The van der Waals surface area contributed by atoms with Gasteiger partial charge in [0, 0.05) is 0 Å². The van der Waals surface area contributed by atoms with E-state index in [1.54, 1.807) is 12.1 Å². The van der Waals surface area contributed by atoms with Gasteiger partial charge >= 0.3 is 0 Å². The second-order valence-electron chi connectivity index (χ2n) is 6.70. The molecule has 0 heterocycles. The Kier molecular flexibility index (Phi) is 5.59. The molecular weight excluding hydrogens is 249 g/mol. The van der Waals surface area contributed by atoms with Crippen LogP contribution in [0.5, 0.6) is 0 Å². The van der Waals surface area contributed by atoms with Crippen LogP contribution in [0.4, 0.5) is 4.39 Å². The highest BCUT2D eigenvalue weighted by Gasteiger charge is 2.27. The molecule has 0 aromatic heterocycles. The average molecular weight is 277 g/mol. The molecule has 0 aliphatic heterocycles. The number of rotatable bonds is 5. The van der Waals surface area contributed by atoms with Crippen LogP contribution in [0.3, 0.4) is 0 Å². The van der Waals surface area contributed by atoms with E-state index in [1.165, 1.54) is 31.2 Å². The van der Waals surface area contributed by atoms with Crippen molar-refractivity contribution in [2.75, 3.05) is 13.1 Å². The van der Waals surface area contributed by atoms with Crippen LogP contribution in [-0.4, -0.2) is 13.1 Å². The first-order valence-electron chi connectivity index (χ1n) is 8.04. The summed E-state index contributed by atoms with van der Waals surface area (Å²) in [6, 6.07) is 5.31. The number of halogens is 1. The lowest BCUT2D eigenvalue weighted by Crippen LogP contribution is -2.31. The third kappa shape index (κ3) is 4.05. The molecule has 2 heteroatoms. The average Bonchev–Trinajstić information content (AvgIpc) is 2.39. The van der Waals surface area contributed by atoms with E-state index < -0.39 is 0 Å². The van der Waals surface area contributed by atoms with Crippen molar-refractivity contribution in [3.63, 3.8) is 0 Å². The summed E-state index contributed by atoms with van der Waals surface area (Å²) in [5, 5.41) is 3.61. The van der Waals surface area contributed by atoms with E-state index in [0.29, 0.717) is 17.8 Å². The van der Waals surface area contributed by atoms with Crippen LogP contribution in [0.1, 0.15) is 56.6 Å². The first kappa shape index (κ1) is 15.5. The molecule has 1 N–H and O–H groups in total. The third-order valence-corrected chi connectivity index (χ3v) is 4.50. The molecule has 1 aromatic rings. The fourth-order valence-electron chi connectivity index (χ4n) is 3.47. The Morgan fingerprint density at radius 1 is 1.25 bits per heavy atom. The van der Waals surface area contributed by atoms with Crippen LogP contribution in [0.15, 0.2) is 18.2 Å². The van der Waals surface area contributed by atoms with E-state index in [0.717, 1.165) is 18.7 Å². The van der Waals surface area contributed by atoms with Gasteiger partial charge < -0.3 is 5.32 Å². The number of benzene rings is 1. The minimum Gasteiger partial charge on any atom is -0.316 e. The van der Waals surface area contributed by atoms with Gasteiger partial charge in [0.25, 0.3) is 0 Å². The second kappa shape index (κ2) is 7.21. The zero-order valence-corrected chi connectivity index (χ0v) is 13.1. The monoisotopic (exact) mass is 277 g/mol. The van der Waals surface area contributed by atoms with Gasteiger partial charge in [-0.3, -0.25) is 0 Å². The molecular formula is C18H28FN. The number of aryl methyl sites for hydroxylation is 1. The lowest BCUT2D eigenvalue weighted by atomic mass is 9.74. The normalized spacial score (nSPS) is 23.2. The van der Waals surface area contributed by atoms with Crippen LogP contribution in [0.25, 0.3) is 0 Å². The van der Waals surface area contributed by atoms with Crippen LogP contribution >= 0.6 is 0 Å². The zero-order chi connectivity index (χ0) is 14.5. The molecule has 1 saturated carbocycles. The van der Waals surface area contributed by atoms with Crippen molar-refractivity contribution in [3.05, 3.63) is 35.1 Å². The van der Waals surface area contributed by atoms with Gasteiger partial charge in [-0.15, -0.1) is 0 Å². The molecule has 1 aliphatic rings. The van der Waals surface area contributed by atoms with Gasteiger partial charge in [0.05, 0.1) is 0 Å². The zero-order valence-electron chi connectivity index (χ0n) is 13.1. The molecule has 2 unspecified atom stereocenters. The molecule has 2 atom stereocenters. The summed E-state index contributed by atoms with van der Waals surface area (Å²) in [5.74, 6) is 1.89. The predicted octanol–water partition coefficient (Wildman–Crippen LogP) is 4.65. The molecule has 0 amide bonds. The van der Waals surface area contributed by atoms with E-state index in [-0.39, 0.29) is 5.82 Å². The molecule has 112 valence electrons. The smallest absolute Gasteiger partial charge is 0.123 e. The van der Waals surface area contributed by atoms with Gasteiger partial charge in [-0.25, -0.2) is 4.39 Å². The molecule has 20 heavy (non-hydrogen) atoms. The summed E-state index contributed by atoms with van der Waals surface area (Å²) in [6.07, 6.45) is 5.19. The SMILES string of the molecule is Cc1cc(F)ccc1C1CCCCC1CNCC(C)C. The van der Waals surface area contributed by atoms with Gasteiger partial charge in [0.15, 0.2) is 0 Å². The Balaban J connectivity index is 2.06. The minimum absolute atomic E-state index is 0.114. The van der Waals surface area contributed by atoms with Crippen molar-refractivity contribution in [2.24, 2.45) is 11.8 Å². The van der Waals surface area contributed by atoms with E-state index >= 15 is 0 Å². The first-order valence-corrected chi connectivity index (χ1v) is 8.04. The molecule has 0 radical (unpaired) electrons. The molecule has 2 rings (SSSR count). The largest absolute Gasteiger partial charge is 0.316 e. The van der Waals surface area contributed by atoms with Gasteiger partial charge in [-0.1, -0.05) is 32.8 Å². The van der Waals surface area contributed by atoms with Crippen LogP contribution < -0.4 is 5.32 Å². The molecule has 0 saturated heterocycles. The summed E-state index contributed by atoms with van der Waals surface area (Å²) < 4.78 is 13.3. The van der Waals surface area contributed by atoms with Crippen molar-refractivity contribution in [2.45, 2.75) is 52.4 Å². The van der Waals surface area contributed by atoms with E-state index in [1.807, 2.05) is 13.0 Å². The van der Waals surface area contributed by atoms with Gasteiger partial charge in [-0.2, -0.15) is 0 Å². The summed E-state index contributed by atoms with van der Waals surface area (Å²) in [6.45, 7) is 8.72. The molecule has 1 nitrogen and oxygen atoms in total. The number of hydrogen-bond acceptors (Lipinski definition) is 1. The maximum atomic E-state index is 13.3. The fraction of sp³-hybridized carbons (Fsp3) is 0.667. The van der Waals surface area contributed by atoms with Gasteiger partial charge in [-0.05, 0) is 73.9 Å². The molecule has 1 fully saturated rings. The Morgan fingerprint density at radius 3 is 2.70 bits per heavy atom. The number of hydrogen-bond donors (Lipinski definition) is 1. The minimum atomic E-state index is -0.114. The Morgan fingerprint density at radius 2 is 2.00 bits per heavy atom. The highest BCUT2D eigenvalue weighted by molar-refractivity contribution is 5.31. The lowest BCUT2D eigenvalue weighted by molar-refractivity contribution is 0.291. The van der Waals surface area contributed by atoms with Crippen LogP contribution in [0.2, 0.25) is 0 Å². The lowest BCUT2D eigenvalue weighted by Gasteiger charge is -2.33. The Hall–Kier alpha value is -0.890. The van der Waals surface area contributed by atoms with Crippen molar-refractivity contribution >= 4 is 0 Å². The van der Waals surface area contributed by atoms with Crippen molar-refractivity contribution in [1.82, 2.24) is 5.32 Å². The number of nitrogens with one attached hydrogen (secondary N) is 1. The molecule has 0 bridgehead atoms. The standard InChI is InChI=1S/C18H28FN/c1-13(2)11-20-12-15-6-4-5-7-18(15)17-9-8-16(19)10-14(17)3/h8-10,13,15,18,20H,4-7,11-12H2,1-3H3. The molecule has 0 spiro atoms. The summed E-state index contributed by atoms with van der Waals surface area (Å²) >= 11 is 0. The van der Waals surface area contributed by atoms with Gasteiger partial charge in [0.1, 0.15) is 5.82 Å². The van der Waals surface area contributed by atoms with Crippen molar-refractivity contribution < 1.29 is 4.39 Å². The van der Waals surface area contributed by atoms with Crippen LogP contribution in [0, 0.1) is 24.6 Å². The van der Waals surface area contributed by atoms with E-state index in [4.69, 9.17) is 0 Å². The first-order chi connectivity index (χ1) is 9.58. The Bertz CT molecular complexity index is 427. The third-order valence-electron chi connectivity index (χ3n) is 4.50. The highest BCUT2D eigenvalue weighted by atomic mass is 19.1. The van der Waals surface area contributed by atoms with Crippen molar-refractivity contribution in [3.8, 4) is 0 Å². The summed E-state index contributed by atoms with van der Waals surface area (Å²) in [7, 11) is 0. The molecule has 1 aromatic carbocycles. The summed E-state index contributed by atoms with van der Waals surface area (Å²) in [5.41, 5.74) is 2.48. The quantitative estimate of drug-likeness (QED) is 0.826. The fourth-order valence-corrected chi connectivity index (χ4v) is 3.47. The van der Waals surface area contributed by atoms with Gasteiger partial charge in [0.2, 0.25) is 0 Å². The summed E-state index contributed by atoms with van der Waals surface area (Å²) in [4.78, 5) is 0. The maximum absolute atomic E-state index is 13.3. The predicted molar refractivity (Wildman–Crippen MR) is 83.5 cm³/mol. The highest BCUT2D eigenvalue weighted by Crippen LogP contribution is 2.38. The maximum Gasteiger partial charge on any atom is 0.123 e.